The van der Waals surface area contributed by atoms with E-state index in [2.05, 4.69) is 4.98 Å². The van der Waals surface area contributed by atoms with E-state index < -0.39 is 30.1 Å². The number of ether oxygens (including phenoxy) is 1. The van der Waals surface area contributed by atoms with Gasteiger partial charge >= 0.3 is 5.97 Å². The lowest BCUT2D eigenvalue weighted by molar-refractivity contribution is -0.144. The molecule has 7 nitrogen and oxygen atoms in total. The van der Waals surface area contributed by atoms with Crippen LogP contribution < -0.4 is 0 Å². The van der Waals surface area contributed by atoms with Gasteiger partial charge in [0.05, 0.1) is 18.4 Å². The fraction of sp³-hybridized carbons (Fsp3) is 0.353. The average Bonchev–Trinajstić information content (AvgIpc) is 3.04. The molecule has 0 aliphatic heterocycles. The number of oxazole rings is 1. The molecule has 0 saturated heterocycles. The molecule has 0 unspecified atom stereocenters. The van der Waals surface area contributed by atoms with Crippen LogP contribution in [0.4, 0.5) is 8.78 Å². The number of rotatable bonds is 9. The quantitative estimate of drug-likeness (QED) is 0.729. The van der Waals surface area contributed by atoms with Crippen molar-refractivity contribution >= 4 is 11.9 Å². The van der Waals surface area contributed by atoms with Crippen LogP contribution in [-0.2, 0) is 20.7 Å². The lowest BCUT2D eigenvalue weighted by Crippen LogP contribution is -2.38. The van der Waals surface area contributed by atoms with Gasteiger partial charge in [0, 0.05) is 32.6 Å². The van der Waals surface area contributed by atoms with Crippen LogP contribution in [0.3, 0.4) is 0 Å². The van der Waals surface area contributed by atoms with Crippen LogP contribution in [0.25, 0.3) is 11.3 Å². The smallest absolute Gasteiger partial charge is 0.323 e. The number of nitrogens with zero attached hydrogens (tertiary/aromatic N) is 2. The number of aromatic nitrogens is 1. The Morgan fingerprint density at radius 1 is 1.35 bits per heavy atom. The Morgan fingerprint density at radius 3 is 2.77 bits per heavy atom. The highest BCUT2D eigenvalue weighted by Crippen LogP contribution is 2.24. The van der Waals surface area contributed by atoms with Crippen molar-refractivity contribution in [2.75, 3.05) is 26.8 Å². The summed E-state index contributed by atoms with van der Waals surface area (Å²) >= 11 is 0. The van der Waals surface area contributed by atoms with Gasteiger partial charge in [-0.2, -0.15) is 0 Å². The number of carboxylic acids is 1. The van der Waals surface area contributed by atoms with Crippen molar-refractivity contribution in [2.24, 2.45) is 0 Å². The summed E-state index contributed by atoms with van der Waals surface area (Å²) in [5.41, 5.74) is 0.0593. The number of amides is 1. The first-order valence-electron chi connectivity index (χ1n) is 7.79. The Balaban J connectivity index is 1.99. The van der Waals surface area contributed by atoms with Crippen LogP contribution in [0.1, 0.15) is 12.3 Å². The largest absolute Gasteiger partial charge is 0.480 e. The summed E-state index contributed by atoms with van der Waals surface area (Å²) in [6.45, 7) is -0.0644. The highest BCUT2D eigenvalue weighted by Gasteiger charge is 2.18. The molecule has 0 fully saturated rings. The van der Waals surface area contributed by atoms with E-state index in [1.165, 1.54) is 19.4 Å². The van der Waals surface area contributed by atoms with Gasteiger partial charge < -0.3 is 19.2 Å². The van der Waals surface area contributed by atoms with Gasteiger partial charge in [0.15, 0.2) is 11.7 Å². The van der Waals surface area contributed by atoms with Crippen LogP contribution >= 0.6 is 0 Å². The molecule has 0 radical (unpaired) electrons. The minimum Gasteiger partial charge on any atom is -0.480 e. The third-order valence-electron chi connectivity index (χ3n) is 3.55. The molecule has 26 heavy (non-hydrogen) atoms. The summed E-state index contributed by atoms with van der Waals surface area (Å²) in [7, 11) is 1.45. The number of halogens is 2. The number of hydrogen-bond acceptors (Lipinski definition) is 5. The van der Waals surface area contributed by atoms with Crippen LogP contribution in [-0.4, -0.2) is 53.7 Å². The van der Waals surface area contributed by atoms with Gasteiger partial charge in [-0.1, -0.05) is 0 Å². The van der Waals surface area contributed by atoms with Gasteiger partial charge in [0.2, 0.25) is 5.91 Å². The fourth-order valence-electron chi connectivity index (χ4n) is 2.27. The first-order chi connectivity index (χ1) is 12.4. The Kier molecular flexibility index (Phi) is 6.79. The molecule has 1 amide bonds. The number of aryl methyl sites for hydroxylation is 1. The topological polar surface area (TPSA) is 92.9 Å². The standard InChI is InChI=1S/C17H18F2N2O5/c1-25-7-6-21(10-17(23)24)16(22)5-4-15-20-9-14(26-15)12-3-2-11(18)8-13(12)19/h2-3,8-9H,4-7,10H2,1H3,(H,23,24). The van der Waals surface area contributed by atoms with E-state index in [0.717, 1.165) is 17.0 Å². The van der Waals surface area contributed by atoms with Crippen molar-refractivity contribution in [2.45, 2.75) is 12.8 Å². The number of carboxylic acid groups (broad SMARTS) is 1. The maximum Gasteiger partial charge on any atom is 0.323 e. The molecule has 140 valence electrons. The molecule has 2 rings (SSSR count). The first kappa shape index (κ1) is 19.5. The van der Waals surface area contributed by atoms with Gasteiger partial charge in [-0.05, 0) is 12.1 Å². The second kappa shape index (κ2) is 9.04. The summed E-state index contributed by atoms with van der Waals surface area (Å²) < 4.78 is 37.0. The van der Waals surface area contributed by atoms with E-state index in [0.29, 0.717) is 0 Å². The van der Waals surface area contributed by atoms with E-state index in [1.807, 2.05) is 0 Å². The summed E-state index contributed by atoms with van der Waals surface area (Å²) in [6, 6.07) is 3.07. The zero-order valence-electron chi connectivity index (χ0n) is 14.1. The Bertz CT molecular complexity index is 778. The Hall–Kier alpha value is -2.81. The van der Waals surface area contributed by atoms with Crippen molar-refractivity contribution in [1.82, 2.24) is 9.88 Å². The predicted molar refractivity (Wildman–Crippen MR) is 86.3 cm³/mol. The molecule has 0 saturated carbocycles. The lowest BCUT2D eigenvalue weighted by Gasteiger charge is -2.19. The van der Waals surface area contributed by atoms with Gasteiger partial charge in [0.1, 0.15) is 18.2 Å². The van der Waals surface area contributed by atoms with Crippen molar-refractivity contribution in [3.05, 3.63) is 41.9 Å². The van der Waals surface area contributed by atoms with Crippen molar-refractivity contribution in [3.8, 4) is 11.3 Å². The SMILES string of the molecule is COCCN(CC(=O)O)C(=O)CCc1ncc(-c2ccc(F)cc2F)o1. The van der Waals surface area contributed by atoms with E-state index in [-0.39, 0.29) is 43.2 Å². The number of carbonyl (C=O) groups excluding carboxylic acids is 1. The zero-order valence-corrected chi connectivity index (χ0v) is 14.1. The summed E-state index contributed by atoms with van der Waals surface area (Å²) in [4.78, 5) is 28.1. The molecule has 0 aliphatic rings. The minimum atomic E-state index is -1.13. The highest BCUT2D eigenvalue weighted by molar-refractivity contribution is 5.81. The number of carbonyl (C=O) groups is 2. The Labute approximate surface area is 148 Å². The molecule has 1 heterocycles. The zero-order chi connectivity index (χ0) is 19.1. The lowest BCUT2D eigenvalue weighted by atomic mass is 10.2. The molecular weight excluding hydrogens is 350 g/mol. The molecule has 9 heteroatoms. The average molecular weight is 368 g/mol. The predicted octanol–water partition coefficient (Wildman–Crippen LogP) is 2.11. The molecule has 1 aromatic heterocycles. The molecule has 0 aliphatic carbocycles. The molecule has 0 atom stereocenters. The molecule has 2 aromatic rings. The first-order valence-corrected chi connectivity index (χ1v) is 7.79. The molecular formula is C17H18F2N2O5. The van der Waals surface area contributed by atoms with Crippen LogP contribution in [0, 0.1) is 11.6 Å². The van der Waals surface area contributed by atoms with Gasteiger partial charge in [0.25, 0.3) is 0 Å². The van der Waals surface area contributed by atoms with Crippen LogP contribution in [0.15, 0.2) is 28.8 Å². The van der Waals surface area contributed by atoms with Gasteiger partial charge in [-0.15, -0.1) is 0 Å². The monoisotopic (exact) mass is 368 g/mol. The number of aliphatic carboxylic acids is 1. The normalized spacial score (nSPS) is 10.7. The Morgan fingerprint density at radius 2 is 2.12 bits per heavy atom. The van der Waals surface area contributed by atoms with E-state index in [9.17, 15) is 18.4 Å². The van der Waals surface area contributed by atoms with Gasteiger partial charge in [-0.25, -0.2) is 13.8 Å². The number of hydrogen-bond donors (Lipinski definition) is 1. The second-order valence-corrected chi connectivity index (χ2v) is 5.44. The highest BCUT2D eigenvalue weighted by atomic mass is 19.1. The van der Waals surface area contributed by atoms with Crippen molar-refractivity contribution in [3.63, 3.8) is 0 Å². The number of methoxy groups -OCH3 is 1. The molecule has 1 N–H and O–H groups in total. The van der Waals surface area contributed by atoms with Gasteiger partial charge in [-0.3, -0.25) is 9.59 Å². The van der Waals surface area contributed by atoms with Crippen molar-refractivity contribution in [1.29, 1.82) is 0 Å². The maximum absolute atomic E-state index is 13.7. The van der Waals surface area contributed by atoms with Crippen LogP contribution in [0.5, 0.6) is 0 Å². The minimum absolute atomic E-state index is 0.0250. The maximum atomic E-state index is 13.7. The van der Waals surface area contributed by atoms with E-state index in [4.69, 9.17) is 14.3 Å². The summed E-state index contributed by atoms with van der Waals surface area (Å²) in [5, 5.41) is 8.86. The van der Waals surface area contributed by atoms with Crippen LogP contribution in [0.2, 0.25) is 0 Å². The summed E-state index contributed by atoms with van der Waals surface area (Å²) in [6.07, 6.45) is 1.38. The molecule has 0 bridgehead atoms. The number of benzene rings is 1. The van der Waals surface area contributed by atoms with Crippen molar-refractivity contribution < 1.29 is 32.6 Å². The van der Waals surface area contributed by atoms with E-state index in [1.54, 1.807) is 0 Å². The summed E-state index contributed by atoms with van der Waals surface area (Å²) in [5.74, 6) is -2.69. The third kappa shape index (κ3) is 5.35. The molecule has 0 spiro atoms. The van der Waals surface area contributed by atoms with E-state index >= 15 is 0 Å². The molecule has 1 aromatic carbocycles. The third-order valence-corrected chi connectivity index (χ3v) is 3.55. The fourth-order valence-corrected chi connectivity index (χ4v) is 2.27. The second-order valence-electron chi connectivity index (χ2n) is 5.44.